The minimum Gasteiger partial charge on any atom is -0.352 e. The topological polar surface area (TPSA) is 87.3 Å². The first-order valence-corrected chi connectivity index (χ1v) is 9.46. The molecule has 0 bridgehead atoms. The Morgan fingerprint density at radius 2 is 2.04 bits per heavy atom. The molecular formula is C16H24ClN3O3S. The molecule has 1 heterocycles. The van der Waals surface area contributed by atoms with Gasteiger partial charge >= 0.3 is 0 Å². The van der Waals surface area contributed by atoms with Crippen molar-refractivity contribution in [3.05, 3.63) is 29.8 Å². The molecule has 0 aromatic heterocycles. The standard InChI is InChI=1S/C16H23N3O3S.ClH/c1-17-23(21,22)13-4-2-3-12(9-13)11-19-15(20)14-10-16(14)5-7-18-8-6-16;/h2-4,9,14,17-18H,5-8,10-11H2,1H3,(H,19,20);1H. The number of sulfonamides is 1. The third-order valence-corrected chi connectivity index (χ3v) is 6.46. The summed E-state index contributed by atoms with van der Waals surface area (Å²) in [6.07, 6.45) is 3.12. The van der Waals surface area contributed by atoms with Crippen molar-refractivity contribution in [2.45, 2.75) is 30.7 Å². The maximum absolute atomic E-state index is 12.3. The zero-order chi connectivity index (χ0) is 16.5. The predicted octanol–water partition coefficient (Wildman–Crippen LogP) is 1.02. The molecule has 0 radical (unpaired) electrons. The van der Waals surface area contributed by atoms with Crippen molar-refractivity contribution in [1.82, 2.24) is 15.4 Å². The molecule has 1 aliphatic carbocycles. The number of carbonyl (C=O) groups excluding carboxylic acids is 1. The normalized spacial score (nSPS) is 21.8. The number of hydrogen-bond acceptors (Lipinski definition) is 4. The van der Waals surface area contributed by atoms with E-state index in [1.165, 1.54) is 7.05 Å². The highest BCUT2D eigenvalue weighted by molar-refractivity contribution is 7.89. The molecule has 1 aromatic carbocycles. The van der Waals surface area contributed by atoms with Crippen LogP contribution < -0.4 is 15.4 Å². The summed E-state index contributed by atoms with van der Waals surface area (Å²) in [5, 5.41) is 6.28. The van der Waals surface area contributed by atoms with E-state index in [1.807, 2.05) is 6.07 Å². The van der Waals surface area contributed by atoms with Crippen LogP contribution >= 0.6 is 12.4 Å². The van der Waals surface area contributed by atoms with Gasteiger partial charge in [0.25, 0.3) is 0 Å². The average molecular weight is 374 g/mol. The summed E-state index contributed by atoms with van der Waals surface area (Å²) in [6.45, 7) is 2.35. The van der Waals surface area contributed by atoms with Crippen LogP contribution in [0.1, 0.15) is 24.8 Å². The van der Waals surface area contributed by atoms with Crippen molar-refractivity contribution in [2.75, 3.05) is 20.1 Å². The van der Waals surface area contributed by atoms with Crippen molar-refractivity contribution in [1.29, 1.82) is 0 Å². The Labute approximate surface area is 149 Å². The van der Waals surface area contributed by atoms with Crippen molar-refractivity contribution >= 4 is 28.3 Å². The van der Waals surface area contributed by atoms with E-state index in [1.54, 1.807) is 18.2 Å². The molecule has 1 saturated carbocycles. The molecule has 1 saturated heterocycles. The maximum Gasteiger partial charge on any atom is 0.240 e. The van der Waals surface area contributed by atoms with Crippen LogP contribution in [0.2, 0.25) is 0 Å². The minimum atomic E-state index is -3.46. The molecule has 24 heavy (non-hydrogen) atoms. The van der Waals surface area contributed by atoms with E-state index in [4.69, 9.17) is 0 Å². The number of benzene rings is 1. The first kappa shape index (κ1) is 19.2. The summed E-state index contributed by atoms with van der Waals surface area (Å²) in [7, 11) is -2.07. The van der Waals surface area contributed by atoms with E-state index in [0.29, 0.717) is 6.54 Å². The molecule has 1 amide bonds. The van der Waals surface area contributed by atoms with Gasteiger partial charge in [0.15, 0.2) is 0 Å². The van der Waals surface area contributed by atoms with Gasteiger partial charge in [-0.05, 0) is 62.5 Å². The number of piperidine rings is 1. The zero-order valence-electron chi connectivity index (χ0n) is 13.7. The van der Waals surface area contributed by atoms with Crippen LogP contribution in [0.4, 0.5) is 0 Å². The predicted molar refractivity (Wildman–Crippen MR) is 94.4 cm³/mol. The largest absolute Gasteiger partial charge is 0.352 e. The van der Waals surface area contributed by atoms with Crippen LogP contribution in [0.25, 0.3) is 0 Å². The summed E-state index contributed by atoms with van der Waals surface area (Å²) in [4.78, 5) is 12.5. The van der Waals surface area contributed by atoms with Crippen molar-refractivity contribution in [3.63, 3.8) is 0 Å². The highest BCUT2D eigenvalue weighted by atomic mass is 35.5. The number of nitrogens with one attached hydrogen (secondary N) is 3. The lowest BCUT2D eigenvalue weighted by Gasteiger charge is -2.23. The molecule has 1 unspecified atom stereocenters. The summed E-state index contributed by atoms with van der Waals surface area (Å²) in [6, 6.07) is 6.65. The highest BCUT2D eigenvalue weighted by Crippen LogP contribution is 2.58. The molecule has 1 aliphatic heterocycles. The number of hydrogen-bond donors (Lipinski definition) is 3. The number of amides is 1. The molecule has 3 rings (SSSR count). The van der Waals surface area contributed by atoms with Crippen LogP contribution in [0.5, 0.6) is 0 Å². The van der Waals surface area contributed by atoms with Crippen LogP contribution in [0.15, 0.2) is 29.2 Å². The number of rotatable bonds is 5. The van der Waals surface area contributed by atoms with Crippen LogP contribution in [-0.2, 0) is 21.4 Å². The molecule has 6 nitrogen and oxygen atoms in total. The van der Waals surface area contributed by atoms with Crippen LogP contribution in [0, 0.1) is 11.3 Å². The molecule has 1 atom stereocenters. The average Bonchev–Trinajstić information content (AvgIpc) is 3.26. The van der Waals surface area contributed by atoms with E-state index in [-0.39, 0.29) is 34.5 Å². The van der Waals surface area contributed by atoms with Gasteiger partial charge in [0.2, 0.25) is 15.9 Å². The molecule has 1 aromatic rings. The summed E-state index contributed by atoms with van der Waals surface area (Å²) in [5.74, 6) is 0.211. The Morgan fingerprint density at radius 3 is 2.71 bits per heavy atom. The second kappa shape index (κ2) is 7.39. The zero-order valence-corrected chi connectivity index (χ0v) is 15.3. The van der Waals surface area contributed by atoms with Crippen molar-refractivity contribution in [3.8, 4) is 0 Å². The van der Waals surface area contributed by atoms with E-state index < -0.39 is 10.0 Å². The van der Waals surface area contributed by atoms with Gasteiger partial charge in [-0.3, -0.25) is 4.79 Å². The van der Waals surface area contributed by atoms with Gasteiger partial charge in [0.1, 0.15) is 0 Å². The smallest absolute Gasteiger partial charge is 0.240 e. The maximum atomic E-state index is 12.3. The summed E-state index contributed by atoms with van der Waals surface area (Å²) in [5.41, 5.74) is 1.00. The van der Waals surface area contributed by atoms with Crippen molar-refractivity contribution < 1.29 is 13.2 Å². The second-order valence-corrected chi connectivity index (χ2v) is 8.33. The number of halogens is 1. The molecular weight excluding hydrogens is 350 g/mol. The molecule has 2 aliphatic rings. The molecule has 1 spiro atoms. The van der Waals surface area contributed by atoms with Gasteiger partial charge in [0, 0.05) is 12.5 Å². The Bertz CT molecular complexity index is 702. The van der Waals surface area contributed by atoms with Gasteiger partial charge in [-0.2, -0.15) is 0 Å². The van der Waals surface area contributed by atoms with E-state index in [2.05, 4.69) is 15.4 Å². The second-order valence-electron chi connectivity index (χ2n) is 6.44. The first-order chi connectivity index (χ1) is 11.0. The van der Waals surface area contributed by atoms with E-state index in [9.17, 15) is 13.2 Å². The van der Waals surface area contributed by atoms with Gasteiger partial charge < -0.3 is 10.6 Å². The highest BCUT2D eigenvalue weighted by Gasteiger charge is 2.57. The van der Waals surface area contributed by atoms with Gasteiger partial charge in [-0.1, -0.05) is 12.1 Å². The fourth-order valence-corrected chi connectivity index (χ4v) is 4.25. The molecule has 3 N–H and O–H groups in total. The Hall–Kier alpha value is -1.15. The Balaban J connectivity index is 0.00000208. The minimum absolute atomic E-state index is 0. The summed E-state index contributed by atoms with van der Waals surface area (Å²) >= 11 is 0. The van der Waals surface area contributed by atoms with Crippen LogP contribution in [-0.4, -0.2) is 34.5 Å². The summed E-state index contributed by atoms with van der Waals surface area (Å²) < 4.78 is 25.9. The Morgan fingerprint density at radius 1 is 1.33 bits per heavy atom. The first-order valence-electron chi connectivity index (χ1n) is 7.98. The van der Waals surface area contributed by atoms with Crippen LogP contribution in [0.3, 0.4) is 0 Å². The SMILES string of the molecule is CNS(=O)(=O)c1cccc(CNC(=O)C2CC23CCNCC3)c1.Cl. The third-order valence-electron chi connectivity index (χ3n) is 5.05. The Kier molecular flexibility index (Phi) is 5.91. The lowest BCUT2D eigenvalue weighted by Crippen LogP contribution is -2.33. The quantitative estimate of drug-likeness (QED) is 0.719. The number of carbonyl (C=O) groups is 1. The van der Waals surface area contributed by atoms with E-state index in [0.717, 1.165) is 37.9 Å². The fraction of sp³-hybridized carbons (Fsp3) is 0.562. The van der Waals surface area contributed by atoms with Gasteiger partial charge in [0.05, 0.1) is 4.90 Å². The molecule has 8 heteroatoms. The fourth-order valence-electron chi connectivity index (χ4n) is 3.45. The monoisotopic (exact) mass is 373 g/mol. The van der Waals surface area contributed by atoms with E-state index >= 15 is 0 Å². The lowest BCUT2D eigenvalue weighted by atomic mass is 9.92. The molecule has 134 valence electrons. The third kappa shape index (κ3) is 3.91. The lowest BCUT2D eigenvalue weighted by molar-refractivity contribution is -0.123. The molecule has 2 fully saturated rings. The van der Waals surface area contributed by atoms with Gasteiger partial charge in [-0.25, -0.2) is 13.1 Å². The van der Waals surface area contributed by atoms with Gasteiger partial charge in [-0.15, -0.1) is 12.4 Å². The van der Waals surface area contributed by atoms with Crippen molar-refractivity contribution in [2.24, 2.45) is 11.3 Å².